The first-order chi connectivity index (χ1) is 9.72. The molecule has 1 unspecified atom stereocenters. The van der Waals surface area contributed by atoms with E-state index in [4.69, 9.17) is 5.73 Å². The highest BCUT2D eigenvalue weighted by Gasteiger charge is 2.27. The summed E-state index contributed by atoms with van der Waals surface area (Å²) in [7, 11) is 0. The molecule has 0 radical (unpaired) electrons. The average molecular weight is 311 g/mol. The van der Waals surface area contributed by atoms with E-state index >= 15 is 0 Å². The maximum Gasteiger partial charge on any atom is 0.223 e. The first kappa shape index (κ1) is 18.0. The molecular formula is C17H27ClN2O. The summed E-state index contributed by atoms with van der Waals surface area (Å²) in [6.45, 7) is 3.62. The van der Waals surface area contributed by atoms with E-state index in [2.05, 4.69) is 24.0 Å². The van der Waals surface area contributed by atoms with Crippen LogP contribution >= 0.6 is 12.4 Å². The molecule has 1 aliphatic rings. The summed E-state index contributed by atoms with van der Waals surface area (Å²) < 4.78 is 0. The molecule has 0 bridgehead atoms. The van der Waals surface area contributed by atoms with Crippen LogP contribution in [0.5, 0.6) is 0 Å². The maximum atomic E-state index is 12.5. The normalized spacial score (nSPS) is 15.7. The predicted molar refractivity (Wildman–Crippen MR) is 89.4 cm³/mol. The molecular weight excluding hydrogens is 284 g/mol. The minimum atomic E-state index is 0. The Hall–Kier alpha value is -1.06. The highest BCUT2D eigenvalue weighted by Crippen LogP contribution is 2.31. The van der Waals surface area contributed by atoms with Crippen molar-refractivity contribution in [3.8, 4) is 0 Å². The second-order valence-corrected chi connectivity index (χ2v) is 5.82. The van der Waals surface area contributed by atoms with Gasteiger partial charge in [-0.05, 0) is 44.2 Å². The maximum absolute atomic E-state index is 12.5. The molecule has 0 spiro atoms. The van der Waals surface area contributed by atoms with Crippen molar-refractivity contribution in [2.75, 3.05) is 13.1 Å². The van der Waals surface area contributed by atoms with Gasteiger partial charge in [0, 0.05) is 13.0 Å². The van der Waals surface area contributed by atoms with Gasteiger partial charge in [-0.1, -0.05) is 36.8 Å². The summed E-state index contributed by atoms with van der Waals surface area (Å²) >= 11 is 0. The van der Waals surface area contributed by atoms with Crippen LogP contribution in [0.25, 0.3) is 0 Å². The van der Waals surface area contributed by atoms with E-state index in [1.807, 2.05) is 18.2 Å². The smallest absolute Gasteiger partial charge is 0.223 e. The Morgan fingerprint density at radius 2 is 2.00 bits per heavy atom. The van der Waals surface area contributed by atoms with Crippen molar-refractivity contribution in [3.63, 3.8) is 0 Å². The number of amides is 1. The lowest BCUT2D eigenvalue weighted by Crippen LogP contribution is -2.39. The van der Waals surface area contributed by atoms with Crippen LogP contribution in [0.3, 0.4) is 0 Å². The van der Waals surface area contributed by atoms with Crippen molar-refractivity contribution < 1.29 is 4.79 Å². The molecule has 1 amide bonds. The molecule has 0 aliphatic heterocycles. The van der Waals surface area contributed by atoms with Gasteiger partial charge in [-0.25, -0.2) is 0 Å². The van der Waals surface area contributed by atoms with Crippen LogP contribution in [0.1, 0.15) is 50.6 Å². The molecule has 1 aromatic carbocycles. The van der Waals surface area contributed by atoms with Crippen LogP contribution in [-0.4, -0.2) is 23.9 Å². The minimum absolute atomic E-state index is 0. The number of hydrogen-bond acceptors (Lipinski definition) is 2. The summed E-state index contributed by atoms with van der Waals surface area (Å²) in [6, 6.07) is 10.5. The SMILES string of the molecule is CC(c1ccccc1)N(CC1CCC1)C(=O)CCCN.Cl. The molecule has 4 heteroatoms. The third kappa shape index (κ3) is 5.01. The fourth-order valence-electron chi connectivity index (χ4n) is 2.74. The molecule has 118 valence electrons. The lowest BCUT2D eigenvalue weighted by molar-refractivity contribution is -0.134. The van der Waals surface area contributed by atoms with Gasteiger partial charge in [0.1, 0.15) is 0 Å². The number of rotatable bonds is 7. The molecule has 1 aliphatic carbocycles. The topological polar surface area (TPSA) is 46.3 Å². The van der Waals surface area contributed by atoms with E-state index in [9.17, 15) is 4.79 Å². The fraction of sp³-hybridized carbons (Fsp3) is 0.588. The summed E-state index contributed by atoms with van der Waals surface area (Å²) in [6.07, 6.45) is 5.20. The Kier molecular flexibility index (Phi) is 7.76. The quantitative estimate of drug-likeness (QED) is 0.837. The first-order valence-electron chi connectivity index (χ1n) is 7.77. The summed E-state index contributed by atoms with van der Waals surface area (Å²) in [5.41, 5.74) is 6.75. The molecule has 0 saturated heterocycles. The molecule has 3 nitrogen and oxygen atoms in total. The number of halogens is 1. The predicted octanol–water partition coefficient (Wildman–Crippen LogP) is 3.54. The Morgan fingerprint density at radius 1 is 1.33 bits per heavy atom. The van der Waals surface area contributed by atoms with Gasteiger partial charge in [-0.2, -0.15) is 0 Å². The van der Waals surface area contributed by atoms with E-state index in [-0.39, 0.29) is 24.4 Å². The number of carbonyl (C=O) groups is 1. The van der Waals surface area contributed by atoms with Crippen LogP contribution in [0.2, 0.25) is 0 Å². The molecule has 2 N–H and O–H groups in total. The zero-order valence-electron chi connectivity index (χ0n) is 12.8. The second-order valence-electron chi connectivity index (χ2n) is 5.82. The zero-order valence-corrected chi connectivity index (χ0v) is 13.6. The highest BCUT2D eigenvalue weighted by atomic mass is 35.5. The monoisotopic (exact) mass is 310 g/mol. The largest absolute Gasteiger partial charge is 0.336 e. The van der Waals surface area contributed by atoms with Gasteiger partial charge in [0.05, 0.1) is 6.04 Å². The van der Waals surface area contributed by atoms with E-state index in [1.54, 1.807) is 0 Å². The van der Waals surface area contributed by atoms with Crippen molar-refractivity contribution in [2.45, 2.75) is 45.1 Å². The van der Waals surface area contributed by atoms with Gasteiger partial charge in [0.2, 0.25) is 5.91 Å². The van der Waals surface area contributed by atoms with E-state index in [1.165, 1.54) is 24.8 Å². The van der Waals surface area contributed by atoms with Gasteiger partial charge < -0.3 is 10.6 Å². The number of benzene rings is 1. The third-order valence-corrected chi connectivity index (χ3v) is 4.34. The molecule has 2 rings (SSSR count). The Balaban J connectivity index is 0.00000220. The standard InChI is InChI=1S/C17H26N2O.ClH/c1-14(16-9-3-2-4-10-16)19(13-15-7-5-8-15)17(20)11-6-12-18;/h2-4,9-10,14-15H,5-8,11-13,18H2,1H3;1H. The number of hydrogen-bond donors (Lipinski definition) is 1. The van der Waals surface area contributed by atoms with Crippen molar-refractivity contribution in [1.82, 2.24) is 4.90 Å². The van der Waals surface area contributed by atoms with Gasteiger partial charge in [-0.15, -0.1) is 12.4 Å². The van der Waals surface area contributed by atoms with Crippen LogP contribution in [0, 0.1) is 5.92 Å². The van der Waals surface area contributed by atoms with Crippen molar-refractivity contribution in [3.05, 3.63) is 35.9 Å². The molecule has 0 aromatic heterocycles. The van der Waals surface area contributed by atoms with Gasteiger partial charge >= 0.3 is 0 Å². The minimum Gasteiger partial charge on any atom is -0.336 e. The molecule has 0 heterocycles. The molecule has 1 fully saturated rings. The van der Waals surface area contributed by atoms with Gasteiger partial charge in [0.25, 0.3) is 0 Å². The van der Waals surface area contributed by atoms with Crippen LogP contribution in [0.4, 0.5) is 0 Å². The van der Waals surface area contributed by atoms with Crippen molar-refractivity contribution in [1.29, 1.82) is 0 Å². The Bertz CT molecular complexity index is 420. The van der Waals surface area contributed by atoms with Crippen molar-refractivity contribution in [2.24, 2.45) is 11.7 Å². The molecule has 1 aromatic rings. The second kappa shape index (κ2) is 9.06. The number of carbonyl (C=O) groups excluding carboxylic acids is 1. The Labute approximate surface area is 134 Å². The van der Waals surface area contributed by atoms with Crippen molar-refractivity contribution >= 4 is 18.3 Å². The summed E-state index contributed by atoms with van der Waals surface area (Å²) in [5, 5.41) is 0. The van der Waals surface area contributed by atoms with E-state index < -0.39 is 0 Å². The van der Waals surface area contributed by atoms with Gasteiger partial charge in [0.15, 0.2) is 0 Å². The third-order valence-electron chi connectivity index (χ3n) is 4.34. The van der Waals surface area contributed by atoms with Crippen LogP contribution in [0.15, 0.2) is 30.3 Å². The summed E-state index contributed by atoms with van der Waals surface area (Å²) in [5.74, 6) is 0.946. The number of nitrogens with two attached hydrogens (primary N) is 1. The summed E-state index contributed by atoms with van der Waals surface area (Å²) in [4.78, 5) is 14.5. The van der Waals surface area contributed by atoms with E-state index in [0.717, 1.165) is 13.0 Å². The van der Waals surface area contributed by atoms with Crippen LogP contribution in [-0.2, 0) is 4.79 Å². The number of nitrogens with zero attached hydrogens (tertiary/aromatic N) is 1. The molecule has 1 atom stereocenters. The first-order valence-corrected chi connectivity index (χ1v) is 7.77. The van der Waals surface area contributed by atoms with Crippen LogP contribution < -0.4 is 5.73 Å². The average Bonchev–Trinajstić information content (AvgIpc) is 2.44. The van der Waals surface area contributed by atoms with E-state index in [0.29, 0.717) is 18.9 Å². The fourth-order valence-corrected chi connectivity index (χ4v) is 2.74. The molecule has 1 saturated carbocycles. The van der Waals surface area contributed by atoms with Gasteiger partial charge in [-0.3, -0.25) is 4.79 Å². The lowest BCUT2D eigenvalue weighted by Gasteiger charge is -2.36. The zero-order chi connectivity index (χ0) is 14.4. The lowest BCUT2D eigenvalue weighted by atomic mass is 9.84. The Morgan fingerprint density at radius 3 is 2.52 bits per heavy atom. The molecule has 21 heavy (non-hydrogen) atoms. The highest BCUT2D eigenvalue weighted by molar-refractivity contribution is 5.85.